The molecule has 0 aromatic rings. The maximum Gasteiger partial charge on any atom is 0.250 e. The average molecular weight is 186 g/mol. The lowest BCUT2D eigenvalue weighted by atomic mass is 10.0. The summed E-state index contributed by atoms with van der Waals surface area (Å²) in [6, 6.07) is 0. The van der Waals surface area contributed by atoms with Gasteiger partial charge < -0.3 is 14.6 Å². The fourth-order valence-electron chi connectivity index (χ4n) is 1.54. The van der Waals surface area contributed by atoms with Crippen molar-refractivity contribution in [3.8, 4) is 0 Å². The van der Waals surface area contributed by atoms with E-state index in [0.29, 0.717) is 11.7 Å². The molecule has 0 aliphatic carbocycles. The van der Waals surface area contributed by atoms with E-state index < -0.39 is 5.79 Å². The molecule has 76 valence electrons. The molecule has 1 aliphatic rings. The molecule has 3 heteroatoms. The molecule has 0 bridgehead atoms. The number of ether oxygens (including phenoxy) is 2. The normalized spacial score (nSPS) is 27.0. The average Bonchev–Trinajstić information content (AvgIpc) is 2.48. The summed E-state index contributed by atoms with van der Waals surface area (Å²) in [5.41, 5.74) is 0. The van der Waals surface area contributed by atoms with Crippen molar-refractivity contribution in [1.29, 1.82) is 0 Å². The lowest BCUT2D eigenvalue weighted by Crippen LogP contribution is -2.31. The minimum Gasteiger partial charge on any atom is -0.456 e. The SMILES string of the molecule is CCC1(CC(C)C)OC=C(CO)O1. The van der Waals surface area contributed by atoms with Gasteiger partial charge in [-0.15, -0.1) is 0 Å². The summed E-state index contributed by atoms with van der Waals surface area (Å²) >= 11 is 0. The van der Waals surface area contributed by atoms with Gasteiger partial charge in [-0.3, -0.25) is 0 Å². The first-order chi connectivity index (χ1) is 6.12. The Hall–Kier alpha value is -0.700. The van der Waals surface area contributed by atoms with Crippen molar-refractivity contribution in [1.82, 2.24) is 0 Å². The van der Waals surface area contributed by atoms with Gasteiger partial charge in [-0.1, -0.05) is 20.8 Å². The second-order valence-corrected chi connectivity index (χ2v) is 3.82. The molecule has 0 amide bonds. The van der Waals surface area contributed by atoms with Gasteiger partial charge in [0.2, 0.25) is 5.79 Å². The Morgan fingerprint density at radius 2 is 2.23 bits per heavy atom. The van der Waals surface area contributed by atoms with Crippen LogP contribution in [0.3, 0.4) is 0 Å². The highest BCUT2D eigenvalue weighted by molar-refractivity contribution is 4.97. The quantitative estimate of drug-likeness (QED) is 0.730. The van der Waals surface area contributed by atoms with Crippen LogP contribution in [0.15, 0.2) is 12.0 Å². The zero-order valence-corrected chi connectivity index (χ0v) is 8.54. The highest BCUT2D eigenvalue weighted by atomic mass is 16.7. The Balaban J connectivity index is 2.56. The molecule has 0 fully saturated rings. The first-order valence-corrected chi connectivity index (χ1v) is 4.78. The maximum atomic E-state index is 8.85. The molecule has 0 spiro atoms. The Labute approximate surface area is 79.3 Å². The Bertz CT molecular complexity index is 198. The maximum absolute atomic E-state index is 8.85. The van der Waals surface area contributed by atoms with Crippen LogP contribution < -0.4 is 0 Å². The topological polar surface area (TPSA) is 38.7 Å². The van der Waals surface area contributed by atoms with Gasteiger partial charge in [0.25, 0.3) is 0 Å². The molecule has 0 saturated heterocycles. The number of hydrogen-bond acceptors (Lipinski definition) is 3. The van der Waals surface area contributed by atoms with Gasteiger partial charge in [0.05, 0.1) is 0 Å². The van der Waals surface area contributed by atoms with Crippen molar-refractivity contribution in [3.63, 3.8) is 0 Å². The molecule has 0 saturated carbocycles. The van der Waals surface area contributed by atoms with Crippen LogP contribution in [-0.2, 0) is 9.47 Å². The van der Waals surface area contributed by atoms with Gasteiger partial charge in [-0.05, 0) is 5.92 Å². The van der Waals surface area contributed by atoms with E-state index in [1.165, 1.54) is 6.26 Å². The highest BCUT2D eigenvalue weighted by Gasteiger charge is 2.37. The smallest absolute Gasteiger partial charge is 0.250 e. The summed E-state index contributed by atoms with van der Waals surface area (Å²) in [5, 5.41) is 8.85. The second-order valence-electron chi connectivity index (χ2n) is 3.82. The van der Waals surface area contributed by atoms with Crippen LogP contribution in [0.1, 0.15) is 33.6 Å². The van der Waals surface area contributed by atoms with Gasteiger partial charge in [-0.2, -0.15) is 0 Å². The van der Waals surface area contributed by atoms with E-state index in [-0.39, 0.29) is 6.61 Å². The van der Waals surface area contributed by atoms with Gasteiger partial charge >= 0.3 is 0 Å². The summed E-state index contributed by atoms with van der Waals surface area (Å²) in [4.78, 5) is 0. The molecule has 13 heavy (non-hydrogen) atoms. The summed E-state index contributed by atoms with van der Waals surface area (Å²) in [6.45, 7) is 6.19. The Morgan fingerprint density at radius 1 is 1.54 bits per heavy atom. The van der Waals surface area contributed by atoms with E-state index in [9.17, 15) is 0 Å². The largest absolute Gasteiger partial charge is 0.456 e. The predicted octanol–water partition coefficient (Wildman–Crippen LogP) is 2.02. The first kappa shape index (κ1) is 10.4. The predicted molar refractivity (Wildman–Crippen MR) is 49.8 cm³/mol. The van der Waals surface area contributed by atoms with E-state index in [0.717, 1.165) is 12.8 Å². The van der Waals surface area contributed by atoms with Crippen LogP contribution in [0.4, 0.5) is 0 Å². The standard InChI is InChI=1S/C10H18O3/c1-4-10(5-8(2)3)12-7-9(6-11)13-10/h7-8,11H,4-6H2,1-3H3. The van der Waals surface area contributed by atoms with E-state index in [1.54, 1.807) is 0 Å². The van der Waals surface area contributed by atoms with E-state index in [2.05, 4.69) is 13.8 Å². The molecule has 1 rings (SSSR count). The van der Waals surface area contributed by atoms with E-state index in [4.69, 9.17) is 14.6 Å². The van der Waals surface area contributed by atoms with Gasteiger partial charge in [0.15, 0.2) is 5.76 Å². The van der Waals surface area contributed by atoms with E-state index in [1.807, 2.05) is 6.92 Å². The van der Waals surface area contributed by atoms with Crippen molar-refractivity contribution in [2.24, 2.45) is 5.92 Å². The van der Waals surface area contributed by atoms with Gasteiger partial charge in [0, 0.05) is 12.8 Å². The lowest BCUT2D eigenvalue weighted by molar-refractivity contribution is -0.164. The summed E-state index contributed by atoms with van der Waals surface area (Å²) in [5.74, 6) is 0.528. The third kappa shape index (κ3) is 2.37. The Kier molecular flexibility index (Phi) is 3.20. The van der Waals surface area contributed by atoms with Gasteiger partial charge in [0.1, 0.15) is 12.9 Å². The Morgan fingerprint density at radius 3 is 2.62 bits per heavy atom. The van der Waals surface area contributed by atoms with Crippen LogP contribution in [0.5, 0.6) is 0 Å². The third-order valence-electron chi connectivity index (χ3n) is 2.14. The van der Waals surface area contributed by atoms with Crippen molar-refractivity contribution >= 4 is 0 Å². The van der Waals surface area contributed by atoms with Crippen molar-refractivity contribution in [2.75, 3.05) is 6.61 Å². The van der Waals surface area contributed by atoms with Crippen LogP contribution in [0.25, 0.3) is 0 Å². The van der Waals surface area contributed by atoms with Crippen LogP contribution in [0, 0.1) is 5.92 Å². The number of aliphatic hydroxyl groups excluding tert-OH is 1. The molecule has 1 unspecified atom stereocenters. The number of aliphatic hydroxyl groups is 1. The lowest BCUT2D eigenvalue weighted by Gasteiger charge is -2.28. The molecule has 0 aromatic heterocycles. The van der Waals surface area contributed by atoms with E-state index >= 15 is 0 Å². The third-order valence-corrected chi connectivity index (χ3v) is 2.14. The van der Waals surface area contributed by atoms with Crippen molar-refractivity contribution in [2.45, 2.75) is 39.4 Å². The molecule has 0 radical (unpaired) electrons. The number of rotatable bonds is 4. The van der Waals surface area contributed by atoms with Crippen molar-refractivity contribution in [3.05, 3.63) is 12.0 Å². The van der Waals surface area contributed by atoms with Gasteiger partial charge in [-0.25, -0.2) is 0 Å². The van der Waals surface area contributed by atoms with Crippen molar-refractivity contribution < 1.29 is 14.6 Å². The minimum absolute atomic E-state index is 0.0835. The minimum atomic E-state index is -0.522. The molecule has 1 heterocycles. The molecule has 1 aliphatic heterocycles. The molecule has 0 aromatic carbocycles. The zero-order valence-electron chi connectivity index (χ0n) is 8.54. The monoisotopic (exact) mass is 186 g/mol. The fraction of sp³-hybridized carbons (Fsp3) is 0.800. The van der Waals surface area contributed by atoms with Crippen LogP contribution in [0.2, 0.25) is 0 Å². The fourth-order valence-corrected chi connectivity index (χ4v) is 1.54. The van der Waals surface area contributed by atoms with Crippen LogP contribution >= 0.6 is 0 Å². The molecule has 1 N–H and O–H groups in total. The molecule has 1 atom stereocenters. The highest BCUT2D eigenvalue weighted by Crippen LogP contribution is 2.33. The molecular weight excluding hydrogens is 168 g/mol. The second kappa shape index (κ2) is 4.01. The van der Waals surface area contributed by atoms with Crippen LogP contribution in [-0.4, -0.2) is 17.5 Å². The molecule has 3 nitrogen and oxygen atoms in total. The number of hydrogen-bond donors (Lipinski definition) is 1. The molecular formula is C10H18O3. The summed E-state index contributed by atoms with van der Waals surface area (Å²) in [7, 11) is 0. The summed E-state index contributed by atoms with van der Waals surface area (Å²) < 4.78 is 11.0. The first-order valence-electron chi connectivity index (χ1n) is 4.78. The zero-order chi connectivity index (χ0) is 9.90. The summed E-state index contributed by atoms with van der Waals surface area (Å²) in [6.07, 6.45) is 3.17.